The average molecular weight is 956 g/mol. The molecule has 0 aliphatic carbocycles. The van der Waals surface area contributed by atoms with Crippen molar-refractivity contribution >= 4 is 17.9 Å². The first-order chi connectivity index (χ1) is 34.0. The van der Waals surface area contributed by atoms with E-state index in [9.17, 15) is 14.4 Å². The lowest BCUT2D eigenvalue weighted by atomic mass is 10.1. The van der Waals surface area contributed by atoms with Gasteiger partial charge in [0, 0.05) is 19.3 Å². The zero-order chi connectivity index (χ0) is 50.0. The van der Waals surface area contributed by atoms with E-state index >= 15 is 0 Å². The third-order valence-electron chi connectivity index (χ3n) is 11.4. The fourth-order valence-corrected chi connectivity index (χ4v) is 7.22. The number of allylic oxidation sites excluding steroid dienone is 20. The highest BCUT2D eigenvalue weighted by Crippen LogP contribution is 2.12. The number of carbonyl (C=O) groups excluding carboxylic acids is 3. The summed E-state index contributed by atoms with van der Waals surface area (Å²) in [6, 6.07) is 0. The van der Waals surface area contributed by atoms with Crippen LogP contribution in [-0.2, 0) is 28.6 Å². The van der Waals surface area contributed by atoms with Gasteiger partial charge in [-0.15, -0.1) is 0 Å². The number of esters is 3. The van der Waals surface area contributed by atoms with Crippen LogP contribution in [-0.4, -0.2) is 37.2 Å². The monoisotopic (exact) mass is 955 g/mol. The Kier molecular flexibility index (Phi) is 53.0. The lowest BCUT2D eigenvalue weighted by Gasteiger charge is -2.18. The molecular formula is C63H102O6. The van der Waals surface area contributed by atoms with Crippen molar-refractivity contribution in [1.82, 2.24) is 0 Å². The maximum atomic E-state index is 12.8. The minimum Gasteiger partial charge on any atom is -0.462 e. The number of rotatable bonds is 49. The van der Waals surface area contributed by atoms with E-state index in [4.69, 9.17) is 14.2 Å². The fourth-order valence-electron chi connectivity index (χ4n) is 7.22. The molecule has 0 fully saturated rings. The second-order valence-electron chi connectivity index (χ2n) is 18.1. The molecule has 390 valence electrons. The molecule has 0 aromatic rings. The number of ether oxygens (including phenoxy) is 3. The Morgan fingerprint density at radius 3 is 0.986 bits per heavy atom. The molecule has 0 aromatic heterocycles. The zero-order valence-corrected chi connectivity index (χ0v) is 44.5. The third-order valence-corrected chi connectivity index (χ3v) is 11.4. The molecule has 0 aromatic carbocycles. The topological polar surface area (TPSA) is 78.9 Å². The summed E-state index contributed by atoms with van der Waals surface area (Å²) in [5.41, 5.74) is 0. The molecule has 0 saturated carbocycles. The molecule has 6 heteroatoms. The Balaban J connectivity index is 4.57. The standard InChI is InChI=1S/C63H102O6/c1-4-7-10-13-16-19-22-25-28-30-31-33-35-38-41-44-47-50-53-56-62(65)68-59-60(58-67-61(64)55-52-49-46-43-40-37-34-27-24-21-18-15-12-9-6-3)69-63(66)57-54-51-48-45-42-39-36-32-29-26-23-20-17-14-11-8-5-2/h7,10,16-17,19-20,25-29,31,33-34,36,38-39,41,45,48,60H,4-6,8-9,11-15,18,21-24,30,32,35,37,40,42-44,46-47,49-59H2,1-3H3/b10-7-,19-16-,20-17-,28-25-,29-26-,33-31-,34-27-,39-36-,41-38-,48-45-/t60-/m1/s1. The van der Waals surface area contributed by atoms with Crippen molar-refractivity contribution in [3.8, 4) is 0 Å². The van der Waals surface area contributed by atoms with Gasteiger partial charge in [0.25, 0.3) is 0 Å². The number of hydrogen-bond donors (Lipinski definition) is 0. The molecule has 69 heavy (non-hydrogen) atoms. The molecule has 1 atom stereocenters. The number of carbonyl (C=O) groups is 3. The van der Waals surface area contributed by atoms with Crippen molar-refractivity contribution in [2.45, 2.75) is 245 Å². The summed E-state index contributed by atoms with van der Waals surface area (Å²) in [6.07, 6.45) is 77.6. The Morgan fingerprint density at radius 2 is 0.580 bits per heavy atom. The molecule has 0 saturated heterocycles. The van der Waals surface area contributed by atoms with Gasteiger partial charge in [0.05, 0.1) is 0 Å². The molecule has 0 radical (unpaired) electrons. The minimum absolute atomic E-state index is 0.118. The van der Waals surface area contributed by atoms with Crippen molar-refractivity contribution in [1.29, 1.82) is 0 Å². The predicted molar refractivity (Wildman–Crippen MR) is 297 cm³/mol. The Bertz CT molecular complexity index is 1470. The summed E-state index contributed by atoms with van der Waals surface area (Å²) in [6.45, 7) is 6.40. The van der Waals surface area contributed by atoms with Crippen LogP contribution >= 0.6 is 0 Å². The van der Waals surface area contributed by atoms with E-state index in [1.807, 2.05) is 0 Å². The van der Waals surface area contributed by atoms with Crippen LogP contribution in [0.25, 0.3) is 0 Å². The van der Waals surface area contributed by atoms with Crippen LogP contribution in [0.5, 0.6) is 0 Å². The number of hydrogen-bond acceptors (Lipinski definition) is 6. The third kappa shape index (κ3) is 54.6. The summed E-state index contributed by atoms with van der Waals surface area (Å²) < 4.78 is 16.8. The lowest BCUT2D eigenvalue weighted by Crippen LogP contribution is -2.30. The summed E-state index contributed by atoms with van der Waals surface area (Å²) in [5, 5.41) is 0. The minimum atomic E-state index is -0.827. The van der Waals surface area contributed by atoms with Gasteiger partial charge in [-0.25, -0.2) is 0 Å². The van der Waals surface area contributed by atoms with Crippen molar-refractivity contribution in [3.05, 3.63) is 122 Å². The summed E-state index contributed by atoms with van der Waals surface area (Å²) >= 11 is 0. The molecular weight excluding hydrogens is 853 g/mol. The van der Waals surface area contributed by atoms with Crippen molar-refractivity contribution < 1.29 is 28.6 Å². The maximum absolute atomic E-state index is 12.8. The Labute approximate surface area is 424 Å². The molecule has 6 nitrogen and oxygen atoms in total. The molecule has 0 N–H and O–H groups in total. The van der Waals surface area contributed by atoms with Crippen LogP contribution in [0, 0.1) is 0 Å². The van der Waals surface area contributed by atoms with Crippen molar-refractivity contribution in [3.63, 3.8) is 0 Å². The first-order valence-corrected chi connectivity index (χ1v) is 28.0. The van der Waals surface area contributed by atoms with E-state index in [-0.39, 0.29) is 37.5 Å². The van der Waals surface area contributed by atoms with E-state index in [1.165, 1.54) is 77.0 Å². The van der Waals surface area contributed by atoms with Crippen LogP contribution in [0.2, 0.25) is 0 Å². The normalized spacial score (nSPS) is 13.0. The lowest BCUT2D eigenvalue weighted by molar-refractivity contribution is -0.167. The van der Waals surface area contributed by atoms with E-state index in [2.05, 4.69) is 142 Å². The number of unbranched alkanes of at least 4 members (excludes halogenated alkanes) is 18. The summed E-state index contributed by atoms with van der Waals surface area (Å²) in [4.78, 5) is 38.1. The molecule has 0 amide bonds. The second-order valence-corrected chi connectivity index (χ2v) is 18.1. The van der Waals surface area contributed by atoms with E-state index in [1.54, 1.807) is 0 Å². The van der Waals surface area contributed by atoms with Gasteiger partial charge >= 0.3 is 17.9 Å². The van der Waals surface area contributed by atoms with Gasteiger partial charge in [0.1, 0.15) is 13.2 Å². The van der Waals surface area contributed by atoms with E-state index in [0.29, 0.717) is 19.3 Å². The van der Waals surface area contributed by atoms with Crippen LogP contribution in [0.3, 0.4) is 0 Å². The summed E-state index contributed by atoms with van der Waals surface area (Å²) in [7, 11) is 0. The van der Waals surface area contributed by atoms with Crippen LogP contribution in [0.15, 0.2) is 122 Å². The van der Waals surface area contributed by atoms with Gasteiger partial charge < -0.3 is 14.2 Å². The van der Waals surface area contributed by atoms with Crippen LogP contribution in [0.1, 0.15) is 239 Å². The molecule has 0 heterocycles. The molecule has 0 aliphatic rings. The van der Waals surface area contributed by atoms with E-state index in [0.717, 1.165) is 116 Å². The van der Waals surface area contributed by atoms with Crippen LogP contribution in [0.4, 0.5) is 0 Å². The second kappa shape index (κ2) is 56.4. The predicted octanol–water partition coefficient (Wildman–Crippen LogP) is 18.9. The molecule has 0 bridgehead atoms. The Hall–Kier alpha value is -4.19. The maximum Gasteiger partial charge on any atom is 0.306 e. The zero-order valence-electron chi connectivity index (χ0n) is 44.5. The largest absolute Gasteiger partial charge is 0.462 e. The highest BCUT2D eigenvalue weighted by atomic mass is 16.6. The molecule has 0 rings (SSSR count). The summed E-state index contributed by atoms with van der Waals surface area (Å²) in [5.74, 6) is -1.02. The van der Waals surface area contributed by atoms with Gasteiger partial charge in [0.15, 0.2) is 6.10 Å². The SMILES string of the molecule is CC/C=C\C/C=C\C/C=C\C/C=C\C/C=C\CCCCCC(=O)OC[C@@H](COC(=O)CCCCCCC/C=C\CCCCCCCC)OC(=O)CCC/C=C\C/C=C\C/C=C\C/C=C\CCCCC. The fraction of sp³-hybridized carbons (Fsp3) is 0.635. The van der Waals surface area contributed by atoms with Gasteiger partial charge in [-0.3, -0.25) is 14.4 Å². The van der Waals surface area contributed by atoms with E-state index < -0.39 is 6.10 Å². The van der Waals surface area contributed by atoms with Crippen molar-refractivity contribution in [2.24, 2.45) is 0 Å². The van der Waals surface area contributed by atoms with Crippen molar-refractivity contribution in [2.75, 3.05) is 13.2 Å². The average Bonchev–Trinajstić information content (AvgIpc) is 3.35. The smallest absolute Gasteiger partial charge is 0.306 e. The highest BCUT2D eigenvalue weighted by molar-refractivity contribution is 5.71. The van der Waals surface area contributed by atoms with Gasteiger partial charge in [-0.2, -0.15) is 0 Å². The Morgan fingerprint density at radius 1 is 0.304 bits per heavy atom. The van der Waals surface area contributed by atoms with Gasteiger partial charge in [0.2, 0.25) is 0 Å². The molecule has 0 unspecified atom stereocenters. The van der Waals surface area contributed by atoms with Gasteiger partial charge in [-0.1, -0.05) is 213 Å². The van der Waals surface area contributed by atoms with Crippen LogP contribution < -0.4 is 0 Å². The molecule has 0 spiro atoms. The van der Waals surface area contributed by atoms with Gasteiger partial charge in [-0.05, 0) is 128 Å². The molecule has 0 aliphatic heterocycles. The quantitative estimate of drug-likeness (QED) is 0.0262. The first-order valence-electron chi connectivity index (χ1n) is 28.0. The highest BCUT2D eigenvalue weighted by Gasteiger charge is 2.19. The first kappa shape index (κ1) is 64.8.